The standard InChI is InChI=1S/C13H21N3O4/c1-8(2)11-6-10(15-20-11)7-16(4)13(19)14-9(3)5-12(17)18/h6,8-9H,5,7H2,1-4H3,(H,14,19)(H,17,18)/t9-/m1/s1. The Kier molecular flexibility index (Phi) is 5.54. The molecule has 2 N–H and O–H groups in total. The van der Waals surface area contributed by atoms with E-state index in [9.17, 15) is 9.59 Å². The molecular formula is C13H21N3O4. The number of carbonyl (C=O) groups is 2. The molecule has 1 heterocycles. The zero-order valence-electron chi connectivity index (χ0n) is 12.2. The number of nitrogens with zero attached hydrogens (tertiary/aromatic N) is 2. The number of carbonyl (C=O) groups excluding carboxylic acids is 1. The Morgan fingerprint density at radius 2 is 2.10 bits per heavy atom. The van der Waals surface area contributed by atoms with Gasteiger partial charge in [0.05, 0.1) is 13.0 Å². The van der Waals surface area contributed by atoms with Gasteiger partial charge in [-0.25, -0.2) is 4.79 Å². The Morgan fingerprint density at radius 1 is 1.45 bits per heavy atom. The zero-order valence-corrected chi connectivity index (χ0v) is 12.2. The van der Waals surface area contributed by atoms with Crippen LogP contribution in [0.15, 0.2) is 10.6 Å². The van der Waals surface area contributed by atoms with Crippen LogP contribution in [-0.4, -0.2) is 40.3 Å². The zero-order chi connectivity index (χ0) is 15.3. The van der Waals surface area contributed by atoms with E-state index in [0.717, 1.165) is 5.76 Å². The first-order valence-electron chi connectivity index (χ1n) is 6.48. The van der Waals surface area contributed by atoms with Crippen molar-refractivity contribution in [2.45, 2.75) is 45.7 Å². The summed E-state index contributed by atoms with van der Waals surface area (Å²) in [5.74, 6) is 0.0672. The molecule has 0 unspecified atom stereocenters. The second-order valence-electron chi connectivity index (χ2n) is 5.18. The summed E-state index contributed by atoms with van der Waals surface area (Å²) in [6.07, 6.45) is -0.110. The van der Waals surface area contributed by atoms with Crippen LogP contribution in [0.5, 0.6) is 0 Å². The number of aliphatic carboxylic acids is 1. The fourth-order valence-electron chi connectivity index (χ4n) is 1.62. The fourth-order valence-corrected chi connectivity index (χ4v) is 1.62. The summed E-state index contributed by atoms with van der Waals surface area (Å²) in [5.41, 5.74) is 0.664. The summed E-state index contributed by atoms with van der Waals surface area (Å²) in [6.45, 7) is 5.94. The molecule has 7 heteroatoms. The molecule has 0 aliphatic carbocycles. The van der Waals surface area contributed by atoms with Crippen molar-refractivity contribution in [3.63, 3.8) is 0 Å². The molecule has 0 radical (unpaired) electrons. The first kappa shape index (κ1) is 16.0. The molecule has 112 valence electrons. The first-order chi connectivity index (χ1) is 9.29. The Labute approximate surface area is 117 Å². The third kappa shape index (κ3) is 4.91. The van der Waals surface area contributed by atoms with E-state index in [1.807, 2.05) is 19.9 Å². The van der Waals surface area contributed by atoms with Crippen molar-refractivity contribution in [3.05, 3.63) is 17.5 Å². The van der Waals surface area contributed by atoms with Gasteiger partial charge < -0.3 is 19.8 Å². The van der Waals surface area contributed by atoms with Gasteiger partial charge in [-0.3, -0.25) is 4.79 Å². The third-order valence-corrected chi connectivity index (χ3v) is 2.74. The lowest BCUT2D eigenvalue weighted by atomic mass is 10.1. The van der Waals surface area contributed by atoms with Crippen molar-refractivity contribution >= 4 is 12.0 Å². The Balaban J connectivity index is 2.50. The van der Waals surface area contributed by atoms with Crippen LogP contribution in [-0.2, 0) is 11.3 Å². The number of carboxylic acids is 1. The molecule has 0 aromatic carbocycles. The molecule has 0 aliphatic heterocycles. The van der Waals surface area contributed by atoms with Crippen molar-refractivity contribution in [3.8, 4) is 0 Å². The number of hydrogen-bond donors (Lipinski definition) is 2. The maximum absolute atomic E-state index is 11.8. The molecule has 1 atom stereocenters. The Hall–Kier alpha value is -2.05. The highest BCUT2D eigenvalue weighted by molar-refractivity contribution is 5.75. The second-order valence-corrected chi connectivity index (χ2v) is 5.18. The van der Waals surface area contributed by atoms with Gasteiger partial charge in [0.1, 0.15) is 11.5 Å². The van der Waals surface area contributed by atoms with E-state index >= 15 is 0 Å². The van der Waals surface area contributed by atoms with Crippen LogP contribution < -0.4 is 5.32 Å². The minimum absolute atomic E-state index is 0.110. The van der Waals surface area contributed by atoms with Gasteiger partial charge in [-0.15, -0.1) is 0 Å². The van der Waals surface area contributed by atoms with Crippen molar-refractivity contribution in [2.24, 2.45) is 0 Å². The van der Waals surface area contributed by atoms with Crippen LogP contribution in [0.1, 0.15) is 44.6 Å². The number of hydrogen-bond acceptors (Lipinski definition) is 4. The van der Waals surface area contributed by atoms with Crippen LogP contribution in [0.3, 0.4) is 0 Å². The average Bonchev–Trinajstić information content (AvgIpc) is 2.76. The second kappa shape index (κ2) is 6.93. The molecule has 0 bridgehead atoms. The lowest BCUT2D eigenvalue weighted by Gasteiger charge is -2.19. The number of nitrogens with one attached hydrogen (secondary N) is 1. The molecule has 20 heavy (non-hydrogen) atoms. The van der Waals surface area contributed by atoms with Crippen molar-refractivity contribution < 1.29 is 19.2 Å². The van der Waals surface area contributed by atoms with Gasteiger partial charge in [0.2, 0.25) is 0 Å². The summed E-state index contributed by atoms with van der Waals surface area (Å²) < 4.78 is 5.15. The van der Waals surface area contributed by atoms with E-state index in [2.05, 4.69) is 10.5 Å². The minimum atomic E-state index is -0.946. The van der Waals surface area contributed by atoms with Gasteiger partial charge >= 0.3 is 12.0 Å². The van der Waals surface area contributed by atoms with Crippen LogP contribution in [0, 0.1) is 0 Å². The average molecular weight is 283 g/mol. The summed E-state index contributed by atoms with van der Waals surface area (Å²) >= 11 is 0. The van der Waals surface area contributed by atoms with Gasteiger partial charge in [-0.2, -0.15) is 0 Å². The quantitative estimate of drug-likeness (QED) is 0.830. The molecule has 0 saturated heterocycles. The number of aromatic nitrogens is 1. The molecule has 0 spiro atoms. The van der Waals surface area contributed by atoms with Crippen LogP contribution >= 0.6 is 0 Å². The molecule has 7 nitrogen and oxygen atoms in total. The molecular weight excluding hydrogens is 262 g/mol. The molecule has 1 rings (SSSR count). The van der Waals surface area contributed by atoms with E-state index in [1.165, 1.54) is 4.90 Å². The summed E-state index contributed by atoms with van der Waals surface area (Å²) in [6, 6.07) is 1.05. The van der Waals surface area contributed by atoms with Crippen LogP contribution in [0.2, 0.25) is 0 Å². The highest BCUT2D eigenvalue weighted by Crippen LogP contribution is 2.15. The normalized spacial score (nSPS) is 12.2. The molecule has 1 aromatic heterocycles. The van der Waals surface area contributed by atoms with E-state index in [4.69, 9.17) is 9.63 Å². The number of carboxylic acid groups (broad SMARTS) is 1. The number of amides is 2. The number of rotatable bonds is 6. The highest BCUT2D eigenvalue weighted by atomic mass is 16.5. The maximum Gasteiger partial charge on any atom is 0.317 e. The lowest BCUT2D eigenvalue weighted by molar-refractivity contribution is -0.137. The van der Waals surface area contributed by atoms with E-state index in [0.29, 0.717) is 12.2 Å². The summed E-state index contributed by atoms with van der Waals surface area (Å²) in [7, 11) is 1.62. The van der Waals surface area contributed by atoms with Gasteiger partial charge in [0.15, 0.2) is 0 Å². The molecule has 0 fully saturated rings. The molecule has 0 saturated carbocycles. The summed E-state index contributed by atoms with van der Waals surface area (Å²) in [5, 5.41) is 15.1. The van der Waals surface area contributed by atoms with Crippen LogP contribution in [0.4, 0.5) is 4.79 Å². The summed E-state index contributed by atoms with van der Waals surface area (Å²) in [4.78, 5) is 23.8. The topological polar surface area (TPSA) is 95.7 Å². The lowest BCUT2D eigenvalue weighted by Crippen LogP contribution is -2.42. The minimum Gasteiger partial charge on any atom is -0.481 e. The Morgan fingerprint density at radius 3 is 2.60 bits per heavy atom. The van der Waals surface area contributed by atoms with Gasteiger partial charge in [-0.05, 0) is 6.92 Å². The smallest absolute Gasteiger partial charge is 0.317 e. The predicted octanol–water partition coefficient (Wildman–Crippen LogP) is 1.80. The van der Waals surface area contributed by atoms with E-state index < -0.39 is 12.0 Å². The van der Waals surface area contributed by atoms with Gasteiger partial charge in [0.25, 0.3) is 0 Å². The number of urea groups is 1. The van der Waals surface area contributed by atoms with Crippen LogP contribution in [0.25, 0.3) is 0 Å². The third-order valence-electron chi connectivity index (χ3n) is 2.74. The van der Waals surface area contributed by atoms with E-state index in [1.54, 1.807) is 14.0 Å². The van der Waals surface area contributed by atoms with Crippen molar-refractivity contribution in [1.82, 2.24) is 15.4 Å². The largest absolute Gasteiger partial charge is 0.481 e. The molecule has 1 aromatic rings. The van der Waals surface area contributed by atoms with Crippen molar-refractivity contribution in [1.29, 1.82) is 0 Å². The van der Waals surface area contributed by atoms with Gasteiger partial charge in [0, 0.05) is 25.1 Å². The first-order valence-corrected chi connectivity index (χ1v) is 6.48. The fraction of sp³-hybridized carbons (Fsp3) is 0.615. The SMILES string of the molecule is CC(C)c1cc(CN(C)C(=O)N[C@H](C)CC(=O)O)no1. The van der Waals surface area contributed by atoms with Crippen molar-refractivity contribution in [2.75, 3.05) is 7.05 Å². The predicted molar refractivity (Wildman–Crippen MR) is 72.3 cm³/mol. The Bertz CT molecular complexity index is 470. The molecule has 2 amide bonds. The van der Waals surface area contributed by atoms with Gasteiger partial charge in [-0.1, -0.05) is 19.0 Å². The highest BCUT2D eigenvalue weighted by Gasteiger charge is 2.16. The molecule has 0 aliphatic rings. The monoisotopic (exact) mass is 283 g/mol. The van der Waals surface area contributed by atoms with E-state index in [-0.39, 0.29) is 18.4 Å². The maximum atomic E-state index is 11.8.